The second-order valence-corrected chi connectivity index (χ2v) is 6.06. The summed E-state index contributed by atoms with van der Waals surface area (Å²) >= 11 is 0. The van der Waals surface area contributed by atoms with Crippen LogP contribution in [0.25, 0.3) is 0 Å². The third-order valence-electron chi connectivity index (χ3n) is 4.40. The minimum absolute atomic E-state index is 0.0535. The minimum Gasteiger partial charge on any atom is -0.497 e. The maximum absolute atomic E-state index is 12.3. The van der Waals surface area contributed by atoms with Crippen LogP contribution >= 0.6 is 0 Å². The Morgan fingerprint density at radius 1 is 0.963 bits per heavy atom. The van der Waals surface area contributed by atoms with Gasteiger partial charge in [0.25, 0.3) is 0 Å². The first-order valence-corrected chi connectivity index (χ1v) is 9.00. The van der Waals surface area contributed by atoms with Crippen LogP contribution in [0.3, 0.4) is 0 Å². The summed E-state index contributed by atoms with van der Waals surface area (Å²) in [7, 11) is 4.89. The lowest BCUT2D eigenvalue weighted by Crippen LogP contribution is -2.38. The molecule has 6 nitrogen and oxygen atoms in total. The Labute approximate surface area is 160 Å². The zero-order valence-electron chi connectivity index (χ0n) is 16.4. The molecule has 0 aliphatic rings. The van der Waals surface area contributed by atoms with Crippen molar-refractivity contribution in [2.45, 2.75) is 25.8 Å². The van der Waals surface area contributed by atoms with Crippen LogP contribution in [0.2, 0.25) is 0 Å². The van der Waals surface area contributed by atoms with Crippen LogP contribution in [0.15, 0.2) is 42.5 Å². The van der Waals surface area contributed by atoms with Crippen molar-refractivity contribution in [3.63, 3.8) is 0 Å². The molecule has 0 spiro atoms. The number of amides is 2. The van der Waals surface area contributed by atoms with E-state index in [2.05, 4.69) is 10.6 Å². The smallest absolute Gasteiger partial charge is 0.315 e. The molecule has 0 radical (unpaired) electrons. The van der Waals surface area contributed by atoms with Crippen molar-refractivity contribution >= 4 is 6.03 Å². The van der Waals surface area contributed by atoms with Gasteiger partial charge in [-0.1, -0.05) is 19.1 Å². The molecular formula is C21H28N2O4. The van der Waals surface area contributed by atoms with Gasteiger partial charge < -0.3 is 24.8 Å². The van der Waals surface area contributed by atoms with Crippen LogP contribution in [0, 0.1) is 0 Å². The van der Waals surface area contributed by atoms with Gasteiger partial charge in [-0.05, 0) is 54.3 Å². The van der Waals surface area contributed by atoms with Crippen molar-refractivity contribution < 1.29 is 19.0 Å². The SMILES string of the molecule is CCC(NC(=O)NCCc1cc(OC)ccc1OC)c1ccc(OC)cc1. The molecule has 6 heteroatoms. The maximum atomic E-state index is 12.3. The van der Waals surface area contributed by atoms with Gasteiger partial charge in [0.15, 0.2) is 0 Å². The summed E-state index contributed by atoms with van der Waals surface area (Å²) in [6.45, 7) is 2.53. The van der Waals surface area contributed by atoms with E-state index in [1.54, 1.807) is 21.3 Å². The first-order chi connectivity index (χ1) is 13.1. The van der Waals surface area contributed by atoms with Crippen molar-refractivity contribution in [3.05, 3.63) is 53.6 Å². The Balaban J connectivity index is 1.89. The molecular weight excluding hydrogens is 344 g/mol. The molecule has 0 saturated carbocycles. The van der Waals surface area contributed by atoms with Crippen molar-refractivity contribution in [2.24, 2.45) is 0 Å². The zero-order chi connectivity index (χ0) is 19.6. The molecule has 2 rings (SSSR count). The Morgan fingerprint density at radius 3 is 2.22 bits per heavy atom. The van der Waals surface area contributed by atoms with Gasteiger partial charge in [0, 0.05) is 6.54 Å². The number of urea groups is 1. The number of carbonyl (C=O) groups is 1. The van der Waals surface area contributed by atoms with E-state index in [1.165, 1.54) is 0 Å². The highest BCUT2D eigenvalue weighted by molar-refractivity contribution is 5.74. The van der Waals surface area contributed by atoms with Crippen LogP contribution in [0.1, 0.15) is 30.5 Å². The molecule has 146 valence electrons. The highest BCUT2D eigenvalue weighted by Crippen LogP contribution is 2.24. The van der Waals surface area contributed by atoms with Gasteiger partial charge in [-0.15, -0.1) is 0 Å². The van der Waals surface area contributed by atoms with Crippen LogP contribution in [0.4, 0.5) is 4.79 Å². The summed E-state index contributed by atoms with van der Waals surface area (Å²) in [6, 6.07) is 13.1. The first-order valence-electron chi connectivity index (χ1n) is 9.00. The highest BCUT2D eigenvalue weighted by Gasteiger charge is 2.13. The van der Waals surface area contributed by atoms with E-state index in [9.17, 15) is 4.79 Å². The molecule has 27 heavy (non-hydrogen) atoms. The van der Waals surface area contributed by atoms with Gasteiger partial charge in [0.2, 0.25) is 0 Å². The standard InChI is InChI=1S/C21H28N2O4/c1-5-19(15-6-8-17(25-2)9-7-15)23-21(24)22-13-12-16-14-18(26-3)10-11-20(16)27-4/h6-11,14,19H,5,12-13H2,1-4H3,(H2,22,23,24). The van der Waals surface area contributed by atoms with E-state index in [0.29, 0.717) is 13.0 Å². The number of benzene rings is 2. The summed E-state index contributed by atoms with van der Waals surface area (Å²) in [5.41, 5.74) is 2.03. The van der Waals surface area contributed by atoms with Gasteiger partial charge in [-0.25, -0.2) is 4.79 Å². The van der Waals surface area contributed by atoms with Crippen LogP contribution in [-0.4, -0.2) is 33.9 Å². The number of carbonyl (C=O) groups excluding carboxylic acids is 1. The number of ether oxygens (including phenoxy) is 3. The molecule has 2 N–H and O–H groups in total. The quantitative estimate of drug-likeness (QED) is 0.704. The van der Waals surface area contributed by atoms with Gasteiger partial charge in [0.1, 0.15) is 17.2 Å². The van der Waals surface area contributed by atoms with Crippen molar-refractivity contribution in [2.75, 3.05) is 27.9 Å². The van der Waals surface area contributed by atoms with Gasteiger partial charge in [-0.3, -0.25) is 0 Å². The fourth-order valence-corrected chi connectivity index (χ4v) is 2.85. The zero-order valence-corrected chi connectivity index (χ0v) is 16.4. The number of hydrogen-bond acceptors (Lipinski definition) is 4. The normalized spacial score (nSPS) is 11.4. The molecule has 0 aliphatic heterocycles. The molecule has 1 atom stereocenters. The van der Waals surface area contributed by atoms with E-state index in [1.807, 2.05) is 49.4 Å². The van der Waals surface area contributed by atoms with Crippen LogP contribution < -0.4 is 24.8 Å². The summed E-state index contributed by atoms with van der Waals surface area (Å²) in [5, 5.41) is 5.92. The Hall–Kier alpha value is -2.89. The number of rotatable bonds is 9. The van der Waals surface area contributed by atoms with E-state index in [0.717, 1.165) is 34.8 Å². The Kier molecular flexibility index (Phi) is 7.79. The molecule has 0 fully saturated rings. The molecule has 0 saturated heterocycles. The lowest BCUT2D eigenvalue weighted by Gasteiger charge is -2.18. The summed E-state index contributed by atoms with van der Waals surface area (Å²) in [4.78, 5) is 12.3. The van der Waals surface area contributed by atoms with Crippen LogP contribution in [-0.2, 0) is 6.42 Å². The van der Waals surface area contributed by atoms with E-state index in [-0.39, 0.29) is 12.1 Å². The Morgan fingerprint density at radius 2 is 1.63 bits per heavy atom. The van der Waals surface area contributed by atoms with E-state index in [4.69, 9.17) is 14.2 Å². The fraction of sp³-hybridized carbons (Fsp3) is 0.381. The average Bonchev–Trinajstić information content (AvgIpc) is 2.72. The van der Waals surface area contributed by atoms with E-state index < -0.39 is 0 Å². The number of methoxy groups -OCH3 is 3. The molecule has 0 aliphatic carbocycles. The van der Waals surface area contributed by atoms with Gasteiger partial charge >= 0.3 is 6.03 Å². The molecule has 2 amide bonds. The van der Waals surface area contributed by atoms with Crippen molar-refractivity contribution in [1.82, 2.24) is 10.6 Å². The lowest BCUT2D eigenvalue weighted by molar-refractivity contribution is 0.237. The van der Waals surface area contributed by atoms with Crippen molar-refractivity contribution in [1.29, 1.82) is 0 Å². The second kappa shape index (κ2) is 10.3. The van der Waals surface area contributed by atoms with Gasteiger partial charge in [0.05, 0.1) is 27.4 Å². The van der Waals surface area contributed by atoms with Crippen molar-refractivity contribution in [3.8, 4) is 17.2 Å². The highest BCUT2D eigenvalue weighted by atomic mass is 16.5. The minimum atomic E-state index is -0.195. The largest absolute Gasteiger partial charge is 0.497 e. The van der Waals surface area contributed by atoms with Gasteiger partial charge in [-0.2, -0.15) is 0 Å². The third-order valence-corrected chi connectivity index (χ3v) is 4.40. The predicted octanol–water partition coefficient (Wildman–Crippen LogP) is 3.71. The van der Waals surface area contributed by atoms with Crippen LogP contribution in [0.5, 0.6) is 17.2 Å². The lowest BCUT2D eigenvalue weighted by atomic mass is 10.0. The molecule has 2 aromatic carbocycles. The maximum Gasteiger partial charge on any atom is 0.315 e. The summed E-state index contributed by atoms with van der Waals surface area (Å²) in [6.07, 6.45) is 1.44. The average molecular weight is 372 g/mol. The molecule has 1 unspecified atom stereocenters. The molecule has 2 aromatic rings. The molecule has 0 aromatic heterocycles. The summed E-state index contributed by atoms with van der Waals surface area (Å²) in [5.74, 6) is 2.34. The second-order valence-electron chi connectivity index (χ2n) is 6.06. The molecule has 0 heterocycles. The van der Waals surface area contributed by atoms with E-state index >= 15 is 0 Å². The topological polar surface area (TPSA) is 68.8 Å². The molecule has 0 bridgehead atoms. The fourth-order valence-electron chi connectivity index (χ4n) is 2.85. The number of nitrogens with one attached hydrogen (secondary N) is 2. The number of hydrogen-bond donors (Lipinski definition) is 2. The summed E-state index contributed by atoms with van der Waals surface area (Å²) < 4.78 is 15.8. The monoisotopic (exact) mass is 372 g/mol. The third kappa shape index (κ3) is 5.81. The first kappa shape index (κ1) is 20.4. The predicted molar refractivity (Wildman–Crippen MR) is 106 cm³/mol. The Bertz CT molecular complexity index is 731.